The molecule has 3 nitrogen and oxygen atoms in total. The Morgan fingerprint density at radius 1 is 1.78 bits per heavy atom. The Bertz CT molecular complexity index is 131. The number of carboxylic acid groups (broad SMARTS) is 1. The topological polar surface area (TPSA) is 61.2 Å². The minimum Gasteiger partial charge on any atom is -0.481 e. The van der Waals surface area contributed by atoms with Crippen molar-refractivity contribution < 1.29 is 9.90 Å². The van der Waals surface area contributed by atoms with E-state index in [1.165, 1.54) is 0 Å². The van der Waals surface area contributed by atoms with Crippen LogP contribution in [0.4, 0.5) is 0 Å². The molecule has 0 aromatic heterocycles. The first-order valence-electron chi connectivity index (χ1n) is 2.81. The van der Waals surface area contributed by atoms with Gasteiger partial charge in [-0.3, -0.25) is 4.79 Å². The quantitative estimate of drug-likeness (QED) is 0.561. The highest BCUT2D eigenvalue weighted by Gasteiger charge is 2.10. The lowest BCUT2D eigenvalue weighted by Crippen LogP contribution is -2.12. The molecule has 9 heavy (non-hydrogen) atoms. The molecule has 0 aliphatic heterocycles. The summed E-state index contributed by atoms with van der Waals surface area (Å²) < 4.78 is 0. The van der Waals surface area contributed by atoms with Crippen molar-refractivity contribution in [2.45, 2.75) is 20.3 Å². The van der Waals surface area contributed by atoms with E-state index in [1.54, 1.807) is 13.8 Å². The van der Waals surface area contributed by atoms with Gasteiger partial charge in [-0.25, -0.2) is 0 Å². The zero-order valence-corrected chi connectivity index (χ0v) is 5.64. The van der Waals surface area contributed by atoms with Crippen LogP contribution in [0.2, 0.25) is 0 Å². The van der Waals surface area contributed by atoms with E-state index < -0.39 is 11.9 Å². The number of hydrogen-bond acceptors (Lipinski definition) is 2. The summed E-state index contributed by atoms with van der Waals surface area (Å²) in [5.74, 6) is -1.25. The Morgan fingerprint density at radius 2 is 2.22 bits per heavy atom. The van der Waals surface area contributed by atoms with Gasteiger partial charge >= 0.3 is 5.97 Å². The van der Waals surface area contributed by atoms with Crippen LogP contribution in [0.15, 0.2) is 0 Å². The third kappa shape index (κ3) is 3.70. The van der Waals surface area contributed by atoms with Crippen LogP contribution in [0, 0.1) is 11.3 Å². The summed E-state index contributed by atoms with van der Waals surface area (Å²) >= 11 is 0. The number of rotatable bonds is 3. The fourth-order valence-corrected chi connectivity index (χ4v) is 0.547. The predicted molar refractivity (Wildman–Crippen MR) is 34.8 cm³/mol. The maximum atomic E-state index is 10.1. The molecule has 0 aromatic rings. The third-order valence-electron chi connectivity index (χ3n) is 1.03. The number of hydrogen-bond donors (Lipinski definition) is 2. The van der Waals surface area contributed by atoms with Crippen LogP contribution in [0.1, 0.15) is 20.3 Å². The summed E-state index contributed by atoms with van der Waals surface area (Å²) in [5.41, 5.74) is 0.421. The maximum Gasteiger partial charge on any atom is 0.306 e. The second kappa shape index (κ2) is 3.22. The van der Waals surface area contributed by atoms with Crippen molar-refractivity contribution in [3.63, 3.8) is 0 Å². The second-order valence-electron chi connectivity index (χ2n) is 2.22. The molecular weight excluding hydrogens is 118 g/mol. The molecular formula is C6H11NO2. The third-order valence-corrected chi connectivity index (χ3v) is 1.03. The standard InChI is InChI=1S/C6H11NO2/c1-4(6(8)9)3-5(2)7/h4,7H,3H2,1-2H3,(H,8,9). The number of aliphatic carboxylic acids is 1. The molecule has 0 radical (unpaired) electrons. The number of nitrogens with one attached hydrogen (secondary N) is 1. The molecule has 0 aliphatic rings. The van der Waals surface area contributed by atoms with Crippen LogP contribution in [-0.2, 0) is 4.79 Å². The molecule has 0 saturated heterocycles. The van der Waals surface area contributed by atoms with Crippen molar-refractivity contribution in [3.8, 4) is 0 Å². The Balaban J connectivity index is 3.63. The van der Waals surface area contributed by atoms with Crippen LogP contribution in [-0.4, -0.2) is 16.8 Å². The van der Waals surface area contributed by atoms with Crippen LogP contribution in [0.25, 0.3) is 0 Å². The van der Waals surface area contributed by atoms with E-state index in [4.69, 9.17) is 10.5 Å². The monoisotopic (exact) mass is 129 g/mol. The van der Waals surface area contributed by atoms with E-state index in [-0.39, 0.29) is 0 Å². The van der Waals surface area contributed by atoms with Gasteiger partial charge in [0.15, 0.2) is 0 Å². The molecule has 0 aromatic carbocycles. The van der Waals surface area contributed by atoms with E-state index >= 15 is 0 Å². The van der Waals surface area contributed by atoms with Gasteiger partial charge in [-0.15, -0.1) is 0 Å². The summed E-state index contributed by atoms with van der Waals surface area (Å²) in [7, 11) is 0. The first kappa shape index (κ1) is 8.14. The zero-order chi connectivity index (χ0) is 7.44. The van der Waals surface area contributed by atoms with Crippen molar-refractivity contribution in [2.24, 2.45) is 5.92 Å². The van der Waals surface area contributed by atoms with Gasteiger partial charge in [0.05, 0.1) is 5.92 Å². The van der Waals surface area contributed by atoms with Crippen molar-refractivity contribution in [1.29, 1.82) is 5.41 Å². The fourth-order valence-electron chi connectivity index (χ4n) is 0.547. The molecule has 1 unspecified atom stereocenters. The average molecular weight is 129 g/mol. The average Bonchev–Trinajstić information content (AvgIpc) is 1.63. The Labute approximate surface area is 54.2 Å². The van der Waals surface area contributed by atoms with Gasteiger partial charge in [-0.2, -0.15) is 0 Å². The number of carboxylic acids is 1. The van der Waals surface area contributed by atoms with E-state index in [0.717, 1.165) is 0 Å². The van der Waals surface area contributed by atoms with Crippen LogP contribution >= 0.6 is 0 Å². The van der Waals surface area contributed by atoms with Crippen molar-refractivity contribution in [1.82, 2.24) is 0 Å². The van der Waals surface area contributed by atoms with Gasteiger partial charge in [0.1, 0.15) is 0 Å². The lowest BCUT2D eigenvalue weighted by molar-refractivity contribution is -0.140. The SMILES string of the molecule is CC(=N)CC(C)C(=O)O. The van der Waals surface area contributed by atoms with Crippen LogP contribution in [0.5, 0.6) is 0 Å². The maximum absolute atomic E-state index is 10.1. The molecule has 2 N–H and O–H groups in total. The van der Waals surface area contributed by atoms with E-state index in [1.807, 2.05) is 0 Å². The fraction of sp³-hybridized carbons (Fsp3) is 0.667. The van der Waals surface area contributed by atoms with Crippen molar-refractivity contribution in [2.75, 3.05) is 0 Å². The van der Waals surface area contributed by atoms with Gasteiger partial charge < -0.3 is 10.5 Å². The van der Waals surface area contributed by atoms with Crippen molar-refractivity contribution >= 4 is 11.7 Å². The Kier molecular flexibility index (Phi) is 2.91. The predicted octanol–water partition coefficient (Wildman–Crippen LogP) is 1.14. The van der Waals surface area contributed by atoms with Gasteiger partial charge in [0, 0.05) is 5.71 Å². The second-order valence-corrected chi connectivity index (χ2v) is 2.22. The molecule has 0 amide bonds. The molecule has 0 bridgehead atoms. The van der Waals surface area contributed by atoms with Crippen LogP contribution in [0.3, 0.4) is 0 Å². The van der Waals surface area contributed by atoms with E-state index in [0.29, 0.717) is 12.1 Å². The van der Waals surface area contributed by atoms with Gasteiger partial charge in [0.25, 0.3) is 0 Å². The summed E-state index contributed by atoms with van der Waals surface area (Å²) in [4.78, 5) is 10.1. The summed E-state index contributed by atoms with van der Waals surface area (Å²) in [6.45, 7) is 3.21. The Hall–Kier alpha value is -0.860. The minimum absolute atomic E-state index is 0.356. The molecule has 0 saturated carbocycles. The highest BCUT2D eigenvalue weighted by Crippen LogP contribution is 2.01. The van der Waals surface area contributed by atoms with Crippen LogP contribution < -0.4 is 0 Å². The highest BCUT2D eigenvalue weighted by molar-refractivity contribution is 5.83. The zero-order valence-electron chi connectivity index (χ0n) is 5.64. The van der Waals surface area contributed by atoms with Gasteiger partial charge in [-0.05, 0) is 13.3 Å². The van der Waals surface area contributed by atoms with Crippen molar-refractivity contribution in [3.05, 3.63) is 0 Å². The lowest BCUT2D eigenvalue weighted by Gasteiger charge is -2.01. The summed E-state index contributed by atoms with van der Waals surface area (Å²) in [6.07, 6.45) is 0.356. The molecule has 1 atom stereocenters. The molecule has 0 fully saturated rings. The molecule has 0 spiro atoms. The van der Waals surface area contributed by atoms with Gasteiger partial charge in [0.2, 0.25) is 0 Å². The molecule has 52 valence electrons. The minimum atomic E-state index is -0.832. The van der Waals surface area contributed by atoms with E-state index in [2.05, 4.69) is 0 Å². The highest BCUT2D eigenvalue weighted by atomic mass is 16.4. The summed E-state index contributed by atoms with van der Waals surface area (Å²) in [6, 6.07) is 0. The lowest BCUT2D eigenvalue weighted by atomic mass is 10.1. The normalized spacial score (nSPS) is 12.7. The first-order valence-corrected chi connectivity index (χ1v) is 2.81. The van der Waals surface area contributed by atoms with E-state index in [9.17, 15) is 4.79 Å². The summed E-state index contributed by atoms with van der Waals surface area (Å²) in [5, 5.41) is 15.3. The molecule has 0 rings (SSSR count). The van der Waals surface area contributed by atoms with Gasteiger partial charge in [-0.1, -0.05) is 6.92 Å². The molecule has 0 heterocycles. The Morgan fingerprint density at radius 3 is 2.33 bits per heavy atom. The smallest absolute Gasteiger partial charge is 0.306 e. The molecule has 0 aliphatic carbocycles. The number of carbonyl (C=O) groups is 1. The first-order chi connectivity index (χ1) is 4.04. The molecule has 3 heteroatoms. The largest absolute Gasteiger partial charge is 0.481 e.